The van der Waals surface area contributed by atoms with Gasteiger partial charge in [0.1, 0.15) is 12.4 Å². The molecule has 1 amide bonds. The van der Waals surface area contributed by atoms with Gasteiger partial charge in [-0.25, -0.2) is 4.98 Å². The molecule has 2 aromatic rings. The molecule has 0 saturated carbocycles. The van der Waals surface area contributed by atoms with E-state index in [0.717, 1.165) is 18.7 Å². The van der Waals surface area contributed by atoms with Crippen LogP contribution < -0.4 is 10.5 Å². The number of carbonyl (C=O) groups excluding carboxylic acids is 1. The second kappa shape index (κ2) is 9.38. The van der Waals surface area contributed by atoms with Crippen LogP contribution in [0.5, 0.6) is 5.75 Å². The molecule has 5 nitrogen and oxygen atoms in total. The van der Waals surface area contributed by atoms with Gasteiger partial charge in [0.25, 0.3) is 5.91 Å². The minimum atomic E-state index is 0. The van der Waals surface area contributed by atoms with Crippen LogP contribution in [0.25, 0.3) is 0 Å². The number of likely N-dealkylation sites (tertiary alicyclic amines) is 1. The van der Waals surface area contributed by atoms with E-state index >= 15 is 0 Å². The molecule has 1 aliphatic rings. The highest BCUT2D eigenvalue weighted by Crippen LogP contribution is 2.31. The van der Waals surface area contributed by atoms with Crippen molar-refractivity contribution >= 4 is 42.1 Å². The summed E-state index contributed by atoms with van der Waals surface area (Å²) in [5, 5.41) is 1.94. The molecule has 138 valence electrons. The predicted octanol–water partition coefficient (Wildman–Crippen LogP) is 3.38. The van der Waals surface area contributed by atoms with Crippen molar-refractivity contribution in [3.8, 4) is 5.75 Å². The summed E-state index contributed by atoms with van der Waals surface area (Å²) in [6.07, 6.45) is 0.942. The summed E-state index contributed by atoms with van der Waals surface area (Å²) in [7, 11) is 0. The van der Waals surface area contributed by atoms with E-state index in [1.165, 1.54) is 11.3 Å². The Hall–Kier alpha value is -1.34. The third-order valence-corrected chi connectivity index (χ3v) is 4.95. The first-order chi connectivity index (χ1) is 11.1. The second-order valence-corrected chi connectivity index (χ2v) is 6.97. The molecule has 0 radical (unpaired) electrons. The van der Waals surface area contributed by atoms with Crippen LogP contribution in [-0.4, -0.2) is 35.4 Å². The molecule has 1 aromatic heterocycles. The Morgan fingerprint density at radius 3 is 2.80 bits per heavy atom. The van der Waals surface area contributed by atoms with Gasteiger partial charge in [0.05, 0.1) is 16.8 Å². The minimum absolute atomic E-state index is 0. The van der Waals surface area contributed by atoms with Crippen molar-refractivity contribution in [3.63, 3.8) is 0 Å². The predicted molar refractivity (Wildman–Crippen MR) is 105 cm³/mol. The second-order valence-electron chi connectivity index (χ2n) is 6.26. The molecule has 1 unspecified atom stereocenters. The Morgan fingerprint density at radius 1 is 1.40 bits per heavy atom. The molecular formula is C17H23Cl2N3O2S. The van der Waals surface area contributed by atoms with Gasteiger partial charge in [0.2, 0.25) is 0 Å². The molecule has 1 atom stereocenters. The molecule has 1 fully saturated rings. The summed E-state index contributed by atoms with van der Waals surface area (Å²) in [5.41, 5.74) is 9.09. The van der Waals surface area contributed by atoms with E-state index in [9.17, 15) is 4.79 Å². The van der Waals surface area contributed by atoms with Crippen molar-refractivity contribution in [2.45, 2.75) is 20.0 Å². The zero-order valence-electron chi connectivity index (χ0n) is 14.0. The fourth-order valence-electron chi connectivity index (χ4n) is 2.76. The molecule has 1 aliphatic heterocycles. The van der Waals surface area contributed by atoms with E-state index in [4.69, 9.17) is 10.5 Å². The van der Waals surface area contributed by atoms with Crippen LogP contribution in [0.15, 0.2) is 35.2 Å². The number of nitrogens with two attached hydrogens (primary N) is 1. The Balaban J connectivity index is 0.00000156. The molecule has 0 bridgehead atoms. The van der Waals surface area contributed by atoms with E-state index < -0.39 is 0 Å². The summed E-state index contributed by atoms with van der Waals surface area (Å²) in [4.78, 5) is 18.9. The first kappa shape index (κ1) is 21.7. The smallest absolute Gasteiger partial charge is 0.257 e. The summed E-state index contributed by atoms with van der Waals surface area (Å²) in [6, 6.07) is 7.39. The van der Waals surface area contributed by atoms with Gasteiger partial charge in [0.15, 0.2) is 0 Å². The van der Waals surface area contributed by atoms with Gasteiger partial charge in [-0.3, -0.25) is 4.79 Å². The fourth-order valence-corrected chi connectivity index (χ4v) is 3.31. The third kappa shape index (κ3) is 5.07. The zero-order valence-corrected chi connectivity index (χ0v) is 16.5. The molecule has 25 heavy (non-hydrogen) atoms. The first-order valence-corrected chi connectivity index (χ1v) is 8.64. The monoisotopic (exact) mass is 403 g/mol. The highest BCUT2D eigenvalue weighted by atomic mass is 35.5. The Morgan fingerprint density at radius 2 is 2.16 bits per heavy atom. The molecule has 0 aliphatic carbocycles. The third-order valence-electron chi connectivity index (χ3n) is 4.31. The number of hydrogen-bond acceptors (Lipinski definition) is 5. The van der Waals surface area contributed by atoms with E-state index in [1.54, 1.807) is 5.51 Å². The lowest BCUT2D eigenvalue weighted by molar-refractivity contribution is 0.0772. The van der Waals surface area contributed by atoms with Crippen LogP contribution in [-0.2, 0) is 6.61 Å². The van der Waals surface area contributed by atoms with Gasteiger partial charge in [-0.05, 0) is 30.5 Å². The molecule has 3 rings (SSSR count). The maximum absolute atomic E-state index is 12.8. The zero-order chi connectivity index (χ0) is 16.3. The van der Waals surface area contributed by atoms with Crippen LogP contribution in [0, 0.1) is 5.41 Å². The highest BCUT2D eigenvalue weighted by Gasteiger charge is 2.35. The number of halogens is 2. The topological polar surface area (TPSA) is 68.5 Å². The molecule has 2 N–H and O–H groups in total. The van der Waals surface area contributed by atoms with E-state index in [0.29, 0.717) is 31.0 Å². The Labute approximate surface area is 164 Å². The molecule has 1 aromatic carbocycles. The van der Waals surface area contributed by atoms with Crippen LogP contribution in [0.1, 0.15) is 29.4 Å². The highest BCUT2D eigenvalue weighted by molar-refractivity contribution is 7.07. The quantitative estimate of drug-likeness (QED) is 0.830. The largest absolute Gasteiger partial charge is 0.486 e. The first-order valence-electron chi connectivity index (χ1n) is 7.69. The van der Waals surface area contributed by atoms with E-state index in [1.807, 2.05) is 34.5 Å². The number of ether oxygens (including phenoxy) is 1. The number of nitrogens with zero attached hydrogens (tertiary/aromatic N) is 2. The lowest BCUT2D eigenvalue weighted by atomic mass is 9.90. The van der Waals surface area contributed by atoms with Gasteiger partial charge in [-0.1, -0.05) is 19.1 Å². The fraction of sp³-hybridized carbons (Fsp3) is 0.412. The van der Waals surface area contributed by atoms with E-state index in [-0.39, 0.29) is 36.1 Å². The lowest BCUT2D eigenvalue weighted by Crippen LogP contribution is -2.34. The minimum Gasteiger partial charge on any atom is -0.486 e. The number of rotatable bonds is 5. The van der Waals surface area contributed by atoms with Crippen molar-refractivity contribution in [3.05, 3.63) is 46.4 Å². The number of amides is 1. The Bertz CT molecular complexity index is 684. The van der Waals surface area contributed by atoms with Crippen molar-refractivity contribution in [1.29, 1.82) is 0 Å². The average molecular weight is 404 g/mol. The van der Waals surface area contributed by atoms with Gasteiger partial charge >= 0.3 is 0 Å². The van der Waals surface area contributed by atoms with Crippen molar-refractivity contribution < 1.29 is 9.53 Å². The number of para-hydroxylation sites is 1. The number of carbonyl (C=O) groups is 1. The standard InChI is InChI=1S/C17H21N3O2S.2ClH/c1-17(10-18)6-7-20(11-17)16(21)14-4-2-3-5-15(14)22-8-13-9-23-12-19-13;;/h2-5,9,12H,6-8,10-11,18H2,1H3;2*1H. The SMILES string of the molecule is CC1(CN)CCN(C(=O)c2ccccc2OCc2cscn2)C1.Cl.Cl. The van der Waals surface area contributed by atoms with E-state index in [2.05, 4.69) is 11.9 Å². The average Bonchev–Trinajstić information content (AvgIpc) is 3.23. The maximum atomic E-state index is 12.8. The number of aromatic nitrogens is 1. The van der Waals surface area contributed by atoms with Crippen molar-refractivity contribution in [1.82, 2.24) is 9.88 Å². The molecule has 0 spiro atoms. The molecule has 1 saturated heterocycles. The molecule has 2 heterocycles. The van der Waals surface area contributed by atoms with Crippen molar-refractivity contribution in [2.24, 2.45) is 11.1 Å². The van der Waals surface area contributed by atoms with Gasteiger partial charge in [0, 0.05) is 18.5 Å². The van der Waals surface area contributed by atoms with Crippen LogP contribution >= 0.6 is 36.2 Å². The van der Waals surface area contributed by atoms with Gasteiger partial charge in [-0.2, -0.15) is 0 Å². The summed E-state index contributed by atoms with van der Waals surface area (Å²) >= 11 is 1.53. The van der Waals surface area contributed by atoms with Crippen LogP contribution in [0.4, 0.5) is 0 Å². The number of thiazole rings is 1. The van der Waals surface area contributed by atoms with Crippen molar-refractivity contribution in [2.75, 3.05) is 19.6 Å². The van der Waals surface area contributed by atoms with Crippen LogP contribution in [0.2, 0.25) is 0 Å². The normalized spacial score (nSPS) is 19.0. The summed E-state index contributed by atoms with van der Waals surface area (Å²) < 4.78 is 5.81. The van der Waals surface area contributed by atoms with Gasteiger partial charge in [-0.15, -0.1) is 36.2 Å². The molecular weight excluding hydrogens is 381 g/mol. The van der Waals surface area contributed by atoms with Crippen LogP contribution in [0.3, 0.4) is 0 Å². The van der Waals surface area contributed by atoms with Gasteiger partial charge < -0.3 is 15.4 Å². The lowest BCUT2D eigenvalue weighted by Gasteiger charge is -2.23. The molecule has 8 heteroatoms. The number of hydrogen-bond donors (Lipinski definition) is 1. The number of benzene rings is 1. The maximum Gasteiger partial charge on any atom is 0.257 e. The summed E-state index contributed by atoms with van der Waals surface area (Å²) in [6.45, 7) is 4.54. The Kier molecular flexibility index (Phi) is 8.15. The summed E-state index contributed by atoms with van der Waals surface area (Å²) in [5.74, 6) is 0.614.